The van der Waals surface area contributed by atoms with Gasteiger partial charge in [-0.2, -0.15) is 0 Å². The lowest BCUT2D eigenvalue weighted by atomic mass is 9.60. The van der Waals surface area contributed by atoms with Gasteiger partial charge in [-0.25, -0.2) is 4.98 Å². The minimum absolute atomic E-state index is 0.988. The minimum Gasteiger partial charge on any atom is -0.292 e. The van der Waals surface area contributed by atoms with Crippen molar-refractivity contribution in [2.75, 3.05) is 0 Å². The van der Waals surface area contributed by atoms with Crippen molar-refractivity contribution in [1.29, 1.82) is 0 Å². The highest BCUT2D eigenvalue weighted by Gasteiger charge is 2.22. The van der Waals surface area contributed by atoms with E-state index in [1.54, 1.807) is 0 Å². The summed E-state index contributed by atoms with van der Waals surface area (Å²) in [4.78, 5) is 5.34. The molecule has 1 heterocycles. The standard InChI is InChI=1S/C45H35B5N2/c46-40-39(41(47)43(49)44(50)42(40)48)45-51-35-23-10-11-24-36(35)52(45)28-16-12-15-27(25-28)37-31-19-6-8-21-33(31)38(34-22-9-7-20-32(34)37)30-18-5-4-17-29(30)26-13-2-1-3-14-26/h1-25H,46-50H2. The smallest absolute Gasteiger partial charge is 0.144 e. The molecule has 0 aliphatic rings. The van der Waals surface area contributed by atoms with Crippen LogP contribution in [-0.2, 0) is 0 Å². The Morgan fingerprint density at radius 2 is 0.885 bits per heavy atom. The van der Waals surface area contributed by atoms with Crippen LogP contribution in [0.15, 0.2) is 152 Å². The number of rotatable bonds is 5. The van der Waals surface area contributed by atoms with Gasteiger partial charge in [0.2, 0.25) is 0 Å². The van der Waals surface area contributed by atoms with Gasteiger partial charge < -0.3 is 0 Å². The summed E-state index contributed by atoms with van der Waals surface area (Å²) < 4.78 is 2.37. The lowest BCUT2D eigenvalue weighted by Gasteiger charge is -2.22. The molecule has 9 aromatic rings. The molecule has 240 valence electrons. The molecule has 7 heteroatoms. The highest BCUT2D eigenvalue weighted by atomic mass is 15.1. The highest BCUT2D eigenvalue weighted by Crippen LogP contribution is 2.46. The Morgan fingerprint density at radius 3 is 1.54 bits per heavy atom. The molecule has 0 saturated carbocycles. The molecule has 0 fully saturated rings. The second-order valence-corrected chi connectivity index (χ2v) is 14.1. The van der Waals surface area contributed by atoms with E-state index in [-0.39, 0.29) is 0 Å². The predicted octanol–water partition coefficient (Wildman–Crippen LogP) is 3.29. The summed E-state index contributed by atoms with van der Waals surface area (Å²) >= 11 is 0. The lowest BCUT2D eigenvalue weighted by Crippen LogP contribution is -2.55. The summed E-state index contributed by atoms with van der Waals surface area (Å²) in [5, 5.41) is 4.97. The van der Waals surface area contributed by atoms with Gasteiger partial charge in [0.25, 0.3) is 0 Å². The maximum absolute atomic E-state index is 5.34. The van der Waals surface area contributed by atoms with Gasteiger partial charge in [0, 0.05) is 11.3 Å². The monoisotopic (exact) mass is 658 g/mol. The van der Waals surface area contributed by atoms with Crippen molar-refractivity contribution in [2.24, 2.45) is 0 Å². The Morgan fingerprint density at radius 1 is 0.385 bits per heavy atom. The lowest BCUT2D eigenvalue weighted by molar-refractivity contribution is 1.11. The first-order valence-corrected chi connectivity index (χ1v) is 18.2. The van der Waals surface area contributed by atoms with Crippen molar-refractivity contribution in [3.05, 3.63) is 152 Å². The van der Waals surface area contributed by atoms with E-state index < -0.39 is 0 Å². The van der Waals surface area contributed by atoms with Gasteiger partial charge in [0.15, 0.2) is 0 Å². The van der Waals surface area contributed by atoms with Crippen molar-refractivity contribution in [3.63, 3.8) is 0 Å². The first kappa shape index (κ1) is 32.0. The number of imidazole rings is 1. The third-order valence-corrected chi connectivity index (χ3v) is 11.4. The number of aromatic nitrogens is 2. The molecule has 8 aromatic carbocycles. The Kier molecular flexibility index (Phi) is 7.81. The zero-order valence-corrected chi connectivity index (χ0v) is 30.3. The normalized spacial score (nSPS) is 11.5. The summed E-state index contributed by atoms with van der Waals surface area (Å²) in [6, 6.07) is 55.0. The molecule has 52 heavy (non-hydrogen) atoms. The van der Waals surface area contributed by atoms with E-state index in [2.05, 4.69) is 195 Å². The number of fused-ring (bicyclic) bond motifs is 3. The number of hydrogen-bond donors (Lipinski definition) is 0. The van der Waals surface area contributed by atoms with Crippen LogP contribution in [0.5, 0.6) is 0 Å². The van der Waals surface area contributed by atoms with Crippen molar-refractivity contribution in [3.8, 4) is 50.5 Å². The van der Waals surface area contributed by atoms with Crippen molar-refractivity contribution < 1.29 is 0 Å². The highest BCUT2D eigenvalue weighted by molar-refractivity contribution is 6.68. The SMILES string of the molecule is Bc1c(B)c(B)c(-c2nc3ccccc3n2-c2cccc(-c3c4ccccc4c(-c4ccccc4-c4ccccc4)c4ccccc34)c2)c(B)c1B. The van der Waals surface area contributed by atoms with E-state index in [9.17, 15) is 0 Å². The zero-order valence-electron chi connectivity index (χ0n) is 30.3. The maximum atomic E-state index is 5.34. The number of para-hydroxylation sites is 2. The molecule has 2 nitrogen and oxygen atoms in total. The van der Waals surface area contributed by atoms with Gasteiger partial charge in [0.1, 0.15) is 45.1 Å². The van der Waals surface area contributed by atoms with Gasteiger partial charge >= 0.3 is 0 Å². The van der Waals surface area contributed by atoms with E-state index in [1.807, 2.05) is 0 Å². The fraction of sp³-hybridized carbons (Fsp3) is 0. The quantitative estimate of drug-likeness (QED) is 0.205. The third-order valence-electron chi connectivity index (χ3n) is 11.4. The van der Waals surface area contributed by atoms with Gasteiger partial charge in [-0.15, -0.1) is 16.4 Å². The summed E-state index contributed by atoms with van der Waals surface area (Å²) in [7, 11) is 11.2. The molecule has 0 bridgehead atoms. The van der Waals surface area contributed by atoms with Crippen LogP contribution in [0.1, 0.15) is 0 Å². The molecule has 0 spiro atoms. The van der Waals surface area contributed by atoms with Crippen molar-refractivity contribution >= 4 is 99.1 Å². The van der Waals surface area contributed by atoms with Crippen LogP contribution < -0.4 is 27.3 Å². The molecule has 0 N–H and O–H groups in total. The minimum atomic E-state index is 0.988. The molecule has 0 unspecified atom stereocenters. The van der Waals surface area contributed by atoms with E-state index in [1.165, 1.54) is 87.8 Å². The van der Waals surface area contributed by atoms with Crippen LogP contribution in [0, 0.1) is 0 Å². The first-order chi connectivity index (χ1) is 25.4. The van der Waals surface area contributed by atoms with Crippen LogP contribution in [0.2, 0.25) is 0 Å². The van der Waals surface area contributed by atoms with Gasteiger partial charge in [-0.1, -0.05) is 138 Å². The number of nitrogens with zero attached hydrogens (tertiary/aromatic N) is 2. The predicted molar refractivity (Wildman–Crippen MR) is 239 cm³/mol. The summed E-state index contributed by atoms with van der Waals surface area (Å²) in [5.41, 5.74) is 18.4. The number of benzene rings is 8. The molecular weight excluding hydrogens is 623 g/mol. The molecule has 0 saturated heterocycles. The maximum Gasteiger partial charge on any atom is 0.144 e. The van der Waals surface area contributed by atoms with Crippen LogP contribution in [0.3, 0.4) is 0 Å². The molecule has 0 aliphatic heterocycles. The molecule has 0 atom stereocenters. The van der Waals surface area contributed by atoms with Gasteiger partial charge in [-0.05, 0) is 79.2 Å². The van der Waals surface area contributed by atoms with E-state index >= 15 is 0 Å². The van der Waals surface area contributed by atoms with Crippen LogP contribution in [0.4, 0.5) is 0 Å². The largest absolute Gasteiger partial charge is 0.292 e. The average molecular weight is 658 g/mol. The molecular formula is C45H35B5N2. The first-order valence-electron chi connectivity index (χ1n) is 18.2. The summed E-state index contributed by atoms with van der Waals surface area (Å²) in [6.45, 7) is 0. The molecule has 0 aliphatic carbocycles. The summed E-state index contributed by atoms with van der Waals surface area (Å²) in [5.74, 6) is 0.988. The fourth-order valence-electron chi connectivity index (χ4n) is 8.39. The topological polar surface area (TPSA) is 17.8 Å². The molecule has 1 aromatic heterocycles. The Hall–Kier alpha value is -5.93. The van der Waals surface area contributed by atoms with E-state index in [0.717, 1.165) is 22.5 Å². The Bertz CT molecular complexity index is 2770. The average Bonchev–Trinajstić information content (AvgIpc) is 3.58. The van der Waals surface area contributed by atoms with Gasteiger partial charge in [0.05, 0.1) is 11.0 Å². The Labute approximate surface area is 309 Å². The van der Waals surface area contributed by atoms with Gasteiger partial charge in [-0.3, -0.25) is 4.57 Å². The summed E-state index contributed by atoms with van der Waals surface area (Å²) in [6.07, 6.45) is 0. The van der Waals surface area contributed by atoms with E-state index in [0.29, 0.717) is 0 Å². The van der Waals surface area contributed by atoms with Crippen LogP contribution in [0.25, 0.3) is 83.0 Å². The van der Waals surface area contributed by atoms with E-state index in [4.69, 9.17) is 4.98 Å². The Balaban J connectivity index is 1.32. The fourth-order valence-corrected chi connectivity index (χ4v) is 8.39. The van der Waals surface area contributed by atoms with Crippen molar-refractivity contribution in [1.82, 2.24) is 9.55 Å². The molecule has 9 rings (SSSR count). The second-order valence-electron chi connectivity index (χ2n) is 14.1. The van der Waals surface area contributed by atoms with Crippen molar-refractivity contribution in [2.45, 2.75) is 0 Å². The number of hydrogen-bond acceptors (Lipinski definition) is 1. The third kappa shape index (κ3) is 4.99. The zero-order chi connectivity index (χ0) is 35.5. The second kappa shape index (κ2) is 12.7. The van der Waals surface area contributed by atoms with Crippen LogP contribution >= 0.6 is 0 Å². The molecule has 0 radical (unpaired) electrons. The molecule has 0 amide bonds. The van der Waals surface area contributed by atoms with Crippen LogP contribution in [-0.4, -0.2) is 48.8 Å².